The van der Waals surface area contributed by atoms with Crippen LogP contribution in [0.25, 0.3) is 0 Å². The number of benzene rings is 1. The molecule has 2 nitrogen and oxygen atoms in total. The van der Waals surface area contributed by atoms with Crippen LogP contribution in [-0.2, 0) is 0 Å². The first-order chi connectivity index (χ1) is 8.75. The van der Waals surface area contributed by atoms with Crippen LogP contribution < -0.4 is 5.32 Å². The lowest BCUT2D eigenvalue weighted by Gasteiger charge is -2.20. The van der Waals surface area contributed by atoms with Crippen molar-refractivity contribution >= 4 is 11.8 Å². The highest BCUT2D eigenvalue weighted by molar-refractivity contribution is 7.99. The van der Waals surface area contributed by atoms with Crippen molar-refractivity contribution in [2.45, 2.75) is 23.8 Å². The van der Waals surface area contributed by atoms with Crippen LogP contribution in [0.15, 0.2) is 29.2 Å². The predicted octanol–water partition coefficient (Wildman–Crippen LogP) is 2.60. The predicted molar refractivity (Wildman–Crippen MR) is 75.6 cm³/mol. The van der Waals surface area contributed by atoms with Gasteiger partial charge in [-0.25, -0.2) is 4.39 Å². The first kappa shape index (κ1) is 13.8. The summed E-state index contributed by atoms with van der Waals surface area (Å²) in [6, 6.07) is 7.63. The van der Waals surface area contributed by atoms with Gasteiger partial charge in [-0.1, -0.05) is 12.1 Å². The van der Waals surface area contributed by atoms with Crippen molar-refractivity contribution in [3.05, 3.63) is 30.1 Å². The lowest BCUT2D eigenvalue weighted by Crippen LogP contribution is -2.36. The van der Waals surface area contributed by atoms with Crippen LogP contribution in [-0.4, -0.2) is 43.4 Å². The Morgan fingerprint density at radius 1 is 1.44 bits per heavy atom. The van der Waals surface area contributed by atoms with Crippen molar-refractivity contribution in [1.29, 1.82) is 0 Å². The Kier molecular flexibility index (Phi) is 5.47. The summed E-state index contributed by atoms with van der Waals surface area (Å²) in [5.41, 5.74) is 0. The Hall–Kier alpha value is -0.580. The van der Waals surface area contributed by atoms with Gasteiger partial charge in [-0.15, -0.1) is 11.8 Å². The third-order valence-corrected chi connectivity index (χ3v) is 4.29. The Morgan fingerprint density at radius 2 is 2.28 bits per heavy atom. The standard InChI is InChI=1S/C14H21FN2S/c1-17(11-12-5-4-8-16-12)9-10-18-14-7-3-2-6-13(14)15/h2-3,6-7,12,16H,4-5,8-11H2,1H3. The molecule has 1 N–H and O–H groups in total. The molecule has 1 heterocycles. The minimum absolute atomic E-state index is 0.109. The van der Waals surface area contributed by atoms with Gasteiger partial charge >= 0.3 is 0 Å². The minimum atomic E-state index is -0.109. The summed E-state index contributed by atoms with van der Waals surface area (Å²) < 4.78 is 13.4. The van der Waals surface area contributed by atoms with Gasteiger partial charge < -0.3 is 10.2 Å². The molecule has 100 valence electrons. The Bertz CT molecular complexity index is 367. The van der Waals surface area contributed by atoms with Gasteiger partial charge in [0, 0.05) is 29.8 Å². The highest BCUT2D eigenvalue weighted by Gasteiger charge is 2.15. The molecular formula is C14H21FN2S. The highest BCUT2D eigenvalue weighted by Crippen LogP contribution is 2.20. The second-order valence-corrected chi connectivity index (χ2v) is 5.97. The van der Waals surface area contributed by atoms with E-state index >= 15 is 0 Å². The largest absolute Gasteiger partial charge is 0.313 e. The van der Waals surface area contributed by atoms with Crippen LogP contribution in [0.4, 0.5) is 4.39 Å². The van der Waals surface area contributed by atoms with Crippen LogP contribution in [0.2, 0.25) is 0 Å². The van der Waals surface area contributed by atoms with Crippen molar-refractivity contribution in [2.24, 2.45) is 0 Å². The number of rotatable bonds is 6. The van der Waals surface area contributed by atoms with Crippen molar-refractivity contribution in [2.75, 3.05) is 32.4 Å². The molecule has 2 rings (SSSR count). The molecule has 4 heteroatoms. The SMILES string of the molecule is CN(CCSc1ccccc1F)CC1CCCN1. The molecule has 1 aliphatic rings. The smallest absolute Gasteiger partial charge is 0.136 e. The zero-order chi connectivity index (χ0) is 12.8. The quantitative estimate of drug-likeness (QED) is 0.798. The number of hydrogen-bond donors (Lipinski definition) is 1. The van der Waals surface area contributed by atoms with Gasteiger partial charge in [0.1, 0.15) is 5.82 Å². The van der Waals surface area contributed by atoms with Crippen LogP contribution >= 0.6 is 11.8 Å². The fourth-order valence-corrected chi connectivity index (χ4v) is 3.26. The summed E-state index contributed by atoms with van der Waals surface area (Å²) in [5, 5.41) is 3.50. The van der Waals surface area contributed by atoms with Crippen molar-refractivity contribution in [3.63, 3.8) is 0 Å². The van der Waals surface area contributed by atoms with Gasteiger partial charge in [-0.3, -0.25) is 0 Å². The summed E-state index contributed by atoms with van der Waals surface area (Å²) >= 11 is 1.60. The van der Waals surface area contributed by atoms with Crippen LogP contribution in [0, 0.1) is 5.82 Å². The van der Waals surface area contributed by atoms with Crippen LogP contribution in [0.1, 0.15) is 12.8 Å². The molecule has 1 aliphatic heterocycles. The molecule has 0 bridgehead atoms. The molecule has 1 aromatic carbocycles. The maximum atomic E-state index is 13.4. The second-order valence-electron chi connectivity index (χ2n) is 4.83. The fourth-order valence-electron chi connectivity index (χ4n) is 2.25. The van der Waals surface area contributed by atoms with Gasteiger partial charge in [0.2, 0.25) is 0 Å². The molecule has 1 aromatic rings. The summed E-state index contributed by atoms with van der Waals surface area (Å²) in [7, 11) is 2.14. The Balaban J connectivity index is 1.67. The highest BCUT2D eigenvalue weighted by atomic mass is 32.2. The van der Waals surface area contributed by atoms with Crippen LogP contribution in [0.3, 0.4) is 0 Å². The van der Waals surface area contributed by atoms with E-state index in [1.54, 1.807) is 17.8 Å². The zero-order valence-electron chi connectivity index (χ0n) is 10.9. The first-order valence-electron chi connectivity index (χ1n) is 6.55. The molecule has 0 aliphatic carbocycles. The van der Waals surface area contributed by atoms with Crippen molar-refractivity contribution in [3.8, 4) is 0 Å². The third kappa shape index (κ3) is 4.26. The molecule has 1 unspecified atom stereocenters. The second kappa shape index (κ2) is 7.12. The third-order valence-electron chi connectivity index (χ3n) is 3.26. The van der Waals surface area contributed by atoms with Crippen LogP contribution in [0.5, 0.6) is 0 Å². The van der Waals surface area contributed by atoms with Gasteiger partial charge in [0.05, 0.1) is 0 Å². The molecule has 0 saturated carbocycles. The average molecular weight is 268 g/mol. The molecule has 18 heavy (non-hydrogen) atoms. The Morgan fingerprint density at radius 3 is 3.00 bits per heavy atom. The number of likely N-dealkylation sites (N-methyl/N-ethyl adjacent to an activating group) is 1. The van der Waals surface area contributed by atoms with E-state index in [0.717, 1.165) is 30.3 Å². The van der Waals surface area contributed by atoms with Gasteiger partial charge in [-0.05, 0) is 38.6 Å². The van der Waals surface area contributed by atoms with Crippen molar-refractivity contribution in [1.82, 2.24) is 10.2 Å². The molecule has 1 atom stereocenters. The Labute approximate surface area is 113 Å². The van der Waals surface area contributed by atoms with E-state index in [2.05, 4.69) is 17.3 Å². The fraction of sp³-hybridized carbons (Fsp3) is 0.571. The number of thioether (sulfide) groups is 1. The maximum Gasteiger partial charge on any atom is 0.136 e. The summed E-state index contributed by atoms with van der Waals surface area (Å²) in [6.07, 6.45) is 2.58. The van der Waals surface area contributed by atoms with E-state index < -0.39 is 0 Å². The van der Waals surface area contributed by atoms with E-state index in [4.69, 9.17) is 0 Å². The monoisotopic (exact) mass is 268 g/mol. The van der Waals surface area contributed by atoms with E-state index in [-0.39, 0.29) is 5.82 Å². The van der Waals surface area contributed by atoms with E-state index in [9.17, 15) is 4.39 Å². The minimum Gasteiger partial charge on any atom is -0.313 e. The number of nitrogens with one attached hydrogen (secondary N) is 1. The summed E-state index contributed by atoms with van der Waals surface area (Å²) in [4.78, 5) is 3.08. The molecule has 0 spiro atoms. The summed E-state index contributed by atoms with van der Waals surface area (Å²) in [6.45, 7) is 3.25. The molecular weight excluding hydrogens is 247 g/mol. The van der Waals surface area contributed by atoms with Gasteiger partial charge in [0.15, 0.2) is 0 Å². The van der Waals surface area contributed by atoms with Gasteiger partial charge in [0.25, 0.3) is 0 Å². The van der Waals surface area contributed by atoms with Crippen molar-refractivity contribution < 1.29 is 4.39 Å². The number of nitrogens with zero attached hydrogens (tertiary/aromatic N) is 1. The molecule has 1 saturated heterocycles. The number of halogens is 1. The topological polar surface area (TPSA) is 15.3 Å². The lowest BCUT2D eigenvalue weighted by molar-refractivity contribution is 0.317. The normalized spacial score (nSPS) is 19.6. The molecule has 1 fully saturated rings. The molecule has 0 radical (unpaired) electrons. The van der Waals surface area contributed by atoms with E-state index in [0.29, 0.717) is 6.04 Å². The molecule has 0 amide bonds. The lowest BCUT2D eigenvalue weighted by atomic mass is 10.2. The number of hydrogen-bond acceptors (Lipinski definition) is 3. The van der Waals surface area contributed by atoms with E-state index in [1.807, 2.05) is 12.1 Å². The maximum absolute atomic E-state index is 13.4. The van der Waals surface area contributed by atoms with E-state index in [1.165, 1.54) is 18.9 Å². The zero-order valence-corrected chi connectivity index (χ0v) is 11.7. The first-order valence-corrected chi connectivity index (χ1v) is 7.53. The average Bonchev–Trinajstić information content (AvgIpc) is 2.84. The summed E-state index contributed by atoms with van der Waals surface area (Å²) in [5.74, 6) is 0.826. The van der Waals surface area contributed by atoms with Gasteiger partial charge in [-0.2, -0.15) is 0 Å². The molecule has 0 aromatic heterocycles.